The van der Waals surface area contributed by atoms with Crippen molar-refractivity contribution < 1.29 is 4.74 Å². The molecule has 0 N–H and O–H groups in total. The van der Waals surface area contributed by atoms with Gasteiger partial charge in [0.15, 0.2) is 0 Å². The van der Waals surface area contributed by atoms with E-state index in [0.29, 0.717) is 0 Å². The van der Waals surface area contributed by atoms with Crippen LogP contribution in [0.5, 0.6) is 0 Å². The Morgan fingerprint density at radius 3 is 1.43 bits per heavy atom. The lowest BCUT2D eigenvalue weighted by Crippen LogP contribution is -2.20. The quantitative estimate of drug-likeness (QED) is 0.118. The number of allylic oxidation sites excluding steroid dienone is 23. The van der Waals surface area contributed by atoms with E-state index in [2.05, 4.69) is 179 Å². The summed E-state index contributed by atoms with van der Waals surface area (Å²) in [6.45, 7) is 21.5. The second-order valence-corrected chi connectivity index (χ2v) is 12.2. The van der Waals surface area contributed by atoms with Crippen molar-refractivity contribution in [1.29, 1.82) is 0 Å². The van der Waals surface area contributed by atoms with Crippen molar-refractivity contribution in [2.75, 3.05) is 7.11 Å². The SMILES string of the molecule is COC(C)(C)C/C=C/C(C)=C/C=C/C(C)=C/C=C/C(C)=C/C=C/C=C(C)/C=C/C=C(C)/C=C/CC(C)CCC=C(C)C. The molecule has 0 saturated carbocycles. The van der Waals surface area contributed by atoms with Gasteiger partial charge in [0, 0.05) is 7.11 Å². The largest absolute Gasteiger partial charge is 0.378 e. The topological polar surface area (TPSA) is 9.23 Å². The van der Waals surface area contributed by atoms with Crippen LogP contribution in [0, 0.1) is 5.92 Å². The number of ether oxygens (including phenoxy) is 1. The zero-order valence-corrected chi connectivity index (χ0v) is 28.7. The van der Waals surface area contributed by atoms with E-state index in [0.717, 1.165) is 18.8 Å². The number of methoxy groups -OCH3 is 1. The summed E-state index contributed by atoms with van der Waals surface area (Å²) in [6, 6.07) is 0. The van der Waals surface area contributed by atoms with Crippen LogP contribution in [0.15, 0.2) is 143 Å². The predicted octanol–water partition coefficient (Wildman–Crippen LogP) is 12.6. The molecule has 0 heterocycles. The Labute approximate surface area is 260 Å². The van der Waals surface area contributed by atoms with Gasteiger partial charge in [-0.3, -0.25) is 0 Å². The predicted molar refractivity (Wildman–Crippen MR) is 192 cm³/mol. The van der Waals surface area contributed by atoms with Gasteiger partial charge in [0.1, 0.15) is 0 Å². The molecule has 0 amide bonds. The van der Waals surface area contributed by atoms with Crippen molar-refractivity contribution in [2.24, 2.45) is 5.92 Å². The van der Waals surface area contributed by atoms with E-state index >= 15 is 0 Å². The Morgan fingerprint density at radius 1 is 0.595 bits per heavy atom. The highest BCUT2D eigenvalue weighted by atomic mass is 16.5. The third-order valence-corrected chi connectivity index (χ3v) is 6.66. The highest BCUT2D eigenvalue weighted by Gasteiger charge is 2.12. The summed E-state index contributed by atoms with van der Waals surface area (Å²) in [7, 11) is 1.76. The summed E-state index contributed by atoms with van der Waals surface area (Å²) in [5.74, 6) is 0.721. The first-order valence-electron chi connectivity index (χ1n) is 15.4. The summed E-state index contributed by atoms with van der Waals surface area (Å²) in [4.78, 5) is 0. The first-order chi connectivity index (χ1) is 19.8. The minimum Gasteiger partial charge on any atom is -0.378 e. The fraction of sp³-hybridized carbons (Fsp3) is 0.415. The lowest BCUT2D eigenvalue weighted by atomic mass is 10.0. The molecule has 0 aliphatic rings. The van der Waals surface area contributed by atoms with Crippen LogP contribution in [-0.4, -0.2) is 12.7 Å². The van der Waals surface area contributed by atoms with E-state index in [4.69, 9.17) is 4.74 Å². The Morgan fingerprint density at radius 2 is 1.00 bits per heavy atom. The van der Waals surface area contributed by atoms with Gasteiger partial charge in [0.05, 0.1) is 5.60 Å². The van der Waals surface area contributed by atoms with E-state index in [9.17, 15) is 0 Å². The maximum absolute atomic E-state index is 5.45. The molecule has 0 spiro atoms. The Hall–Kier alpha value is -3.16. The molecule has 0 aliphatic heterocycles. The summed E-state index contributed by atoms with van der Waals surface area (Å²) in [5, 5.41) is 0. The van der Waals surface area contributed by atoms with E-state index in [-0.39, 0.29) is 5.60 Å². The standard InChI is InChI=1S/C41H60O/c1-34(2)20-14-23-37(5)26-17-29-38(6)27-15-24-35(3)21-12-13-22-36(4)25-16-28-39(7)30-18-31-40(8)32-19-33-41(9,10)42-11/h12-13,15-22,24-25,27-32,37H,14,23,26,33H2,1-11H3/b13-12+,24-15+,25-16+,29-17+,30-18+,32-19+,35-21+,36-22+,38-27+,39-28+,40-31+. The van der Waals surface area contributed by atoms with Crippen molar-refractivity contribution in [3.05, 3.63) is 143 Å². The average Bonchev–Trinajstić information content (AvgIpc) is 2.91. The Kier molecular flexibility index (Phi) is 21.6. The Bertz CT molecular complexity index is 1140. The van der Waals surface area contributed by atoms with Gasteiger partial charge >= 0.3 is 0 Å². The molecule has 1 atom stereocenters. The van der Waals surface area contributed by atoms with E-state index in [1.165, 1.54) is 46.3 Å². The average molecular weight is 569 g/mol. The van der Waals surface area contributed by atoms with Gasteiger partial charge in [-0.1, -0.05) is 150 Å². The molecule has 1 heteroatoms. The molecule has 0 saturated heterocycles. The maximum Gasteiger partial charge on any atom is 0.0657 e. The molecule has 0 bridgehead atoms. The second-order valence-electron chi connectivity index (χ2n) is 12.2. The number of rotatable bonds is 18. The summed E-state index contributed by atoms with van der Waals surface area (Å²) in [6.07, 6.45) is 43.2. The summed E-state index contributed by atoms with van der Waals surface area (Å²) < 4.78 is 5.45. The molecular formula is C41H60O. The molecule has 230 valence electrons. The van der Waals surface area contributed by atoms with E-state index < -0.39 is 0 Å². The first-order valence-corrected chi connectivity index (χ1v) is 15.4. The van der Waals surface area contributed by atoms with Crippen molar-refractivity contribution in [2.45, 2.75) is 101 Å². The Balaban J connectivity index is 4.68. The van der Waals surface area contributed by atoms with E-state index in [1.807, 2.05) is 0 Å². The van der Waals surface area contributed by atoms with Gasteiger partial charge in [-0.25, -0.2) is 0 Å². The summed E-state index contributed by atoms with van der Waals surface area (Å²) in [5.41, 5.74) is 7.42. The smallest absolute Gasteiger partial charge is 0.0657 e. The van der Waals surface area contributed by atoms with Crippen molar-refractivity contribution in [1.82, 2.24) is 0 Å². The molecule has 1 unspecified atom stereocenters. The molecule has 42 heavy (non-hydrogen) atoms. The highest BCUT2D eigenvalue weighted by Crippen LogP contribution is 2.15. The molecule has 0 aromatic rings. The van der Waals surface area contributed by atoms with Crippen LogP contribution in [0.1, 0.15) is 94.9 Å². The van der Waals surface area contributed by atoms with Crippen LogP contribution in [-0.2, 0) is 4.74 Å². The zero-order valence-electron chi connectivity index (χ0n) is 28.7. The molecule has 0 rings (SSSR count). The monoisotopic (exact) mass is 568 g/mol. The van der Waals surface area contributed by atoms with Gasteiger partial charge in [-0.05, 0) is 93.9 Å². The second kappa shape index (κ2) is 23.4. The summed E-state index contributed by atoms with van der Waals surface area (Å²) >= 11 is 0. The third-order valence-electron chi connectivity index (χ3n) is 6.66. The first kappa shape index (κ1) is 38.8. The van der Waals surface area contributed by atoms with Crippen molar-refractivity contribution in [3.8, 4) is 0 Å². The molecule has 0 aromatic heterocycles. The van der Waals surface area contributed by atoms with Crippen LogP contribution in [0.4, 0.5) is 0 Å². The van der Waals surface area contributed by atoms with Gasteiger partial charge in [0.2, 0.25) is 0 Å². The zero-order chi connectivity index (χ0) is 31.8. The highest BCUT2D eigenvalue weighted by molar-refractivity contribution is 5.32. The van der Waals surface area contributed by atoms with Crippen LogP contribution in [0.2, 0.25) is 0 Å². The van der Waals surface area contributed by atoms with Crippen LogP contribution < -0.4 is 0 Å². The van der Waals surface area contributed by atoms with Gasteiger partial charge < -0.3 is 4.74 Å². The van der Waals surface area contributed by atoms with Gasteiger partial charge in [-0.2, -0.15) is 0 Å². The van der Waals surface area contributed by atoms with Crippen LogP contribution >= 0.6 is 0 Å². The van der Waals surface area contributed by atoms with Gasteiger partial charge in [0.25, 0.3) is 0 Å². The third kappa shape index (κ3) is 24.6. The molecule has 0 radical (unpaired) electrons. The molecule has 1 nitrogen and oxygen atoms in total. The minimum absolute atomic E-state index is 0.119. The van der Waals surface area contributed by atoms with E-state index in [1.54, 1.807) is 7.11 Å². The molecule has 0 fully saturated rings. The van der Waals surface area contributed by atoms with Gasteiger partial charge in [-0.15, -0.1) is 0 Å². The minimum atomic E-state index is -0.119. The molecule has 0 aromatic carbocycles. The van der Waals surface area contributed by atoms with Crippen molar-refractivity contribution >= 4 is 0 Å². The van der Waals surface area contributed by atoms with Crippen molar-refractivity contribution in [3.63, 3.8) is 0 Å². The number of hydrogen-bond donors (Lipinski definition) is 0. The molecule has 0 aliphatic carbocycles. The number of hydrogen-bond acceptors (Lipinski definition) is 1. The fourth-order valence-corrected chi connectivity index (χ4v) is 3.62. The van der Waals surface area contributed by atoms with Crippen LogP contribution in [0.25, 0.3) is 0 Å². The van der Waals surface area contributed by atoms with Crippen LogP contribution in [0.3, 0.4) is 0 Å². The maximum atomic E-state index is 5.45. The lowest BCUT2D eigenvalue weighted by Gasteiger charge is -2.20. The lowest BCUT2D eigenvalue weighted by molar-refractivity contribution is 0.0255. The fourth-order valence-electron chi connectivity index (χ4n) is 3.62. The normalized spacial score (nSPS) is 16.0. The molecular weight excluding hydrogens is 508 g/mol.